The van der Waals surface area contributed by atoms with Crippen LogP contribution in [0.1, 0.15) is 66.0 Å². The number of hydrogen-bond donors (Lipinski definition) is 1. The fourth-order valence-electron chi connectivity index (χ4n) is 3.59. The number of amides is 2. The molecule has 32 heavy (non-hydrogen) atoms. The molecule has 0 aliphatic heterocycles. The lowest BCUT2D eigenvalue weighted by molar-refractivity contribution is -0.143. The van der Waals surface area contributed by atoms with Gasteiger partial charge in [-0.25, -0.2) is 0 Å². The van der Waals surface area contributed by atoms with Crippen LogP contribution in [0.25, 0.3) is 0 Å². The molecule has 0 aliphatic carbocycles. The van der Waals surface area contributed by atoms with Crippen molar-refractivity contribution in [1.29, 1.82) is 0 Å². The van der Waals surface area contributed by atoms with Crippen molar-refractivity contribution in [3.05, 3.63) is 65.7 Å². The molecule has 2 aromatic rings. The molecule has 5 heteroatoms. The number of rotatable bonds is 8. The molecule has 0 unspecified atom stereocenters. The maximum atomic E-state index is 13.4. The molecule has 0 fully saturated rings. The Morgan fingerprint density at radius 3 is 2.09 bits per heavy atom. The molecule has 0 saturated heterocycles. The lowest BCUT2D eigenvalue weighted by Crippen LogP contribution is -2.54. The summed E-state index contributed by atoms with van der Waals surface area (Å²) >= 11 is 0. The van der Waals surface area contributed by atoms with Crippen LogP contribution < -0.4 is 10.1 Å². The predicted molar refractivity (Wildman–Crippen MR) is 130 cm³/mol. The van der Waals surface area contributed by atoms with Crippen molar-refractivity contribution >= 4 is 11.8 Å². The molecule has 0 spiro atoms. The molecule has 2 rings (SSSR count). The number of benzene rings is 2. The lowest BCUT2D eigenvalue weighted by atomic mass is 9.86. The first-order chi connectivity index (χ1) is 14.9. The van der Waals surface area contributed by atoms with Gasteiger partial charge in [0.05, 0.1) is 0 Å². The van der Waals surface area contributed by atoms with E-state index in [2.05, 4.69) is 26.1 Å². The van der Waals surface area contributed by atoms with Crippen molar-refractivity contribution in [1.82, 2.24) is 10.2 Å². The molecular weight excluding hydrogens is 400 g/mol. The summed E-state index contributed by atoms with van der Waals surface area (Å²) in [5.41, 5.74) is 1.52. The van der Waals surface area contributed by atoms with Gasteiger partial charge in [0.2, 0.25) is 5.91 Å². The van der Waals surface area contributed by atoms with Crippen molar-refractivity contribution < 1.29 is 14.3 Å². The van der Waals surface area contributed by atoms with Crippen molar-refractivity contribution in [2.75, 3.05) is 6.61 Å². The summed E-state index contributed by atoms with van der Waals surface area (Å²) in [7, 11) is 0. The average molecular weight is 439 g/mol. The highest BCUT2D eigenvalue weighted by Crippen LogP contribution is 2.31. The predicted octanol–water partition coefficient (Wildman–Crippen LogP) is 5.09. The quantitative estimate of drug-likeness (QED) is 0.625. The van der Waals surface area contributed by atoms with Crippen molar-refractivity contribution in [2.45, 2.75) is 78.4 Å². The first-order valence-electron chi connectivity index (χ1n) is 11.3. The van der Waals surface area contributed by atoms with Crippen LogP contribution in [0.4, 0.5) is 0 Å². The average Bonchev–Trinajstić information content (AvgIpc) is 2.71. The zero-order valence-electron chi connectivity index (χ0n) is 20.6. The Hall–Kier alpha value is -2.82. The van der Waals surface area contributed by atoms with E-state index >= 15 is 0 Å². The third-order valence-electron chi connectivity index (χ3n) is 5.13. The Labute approximate surface area is 193 Å². The van der Waals surface area contributed by atoms with E-state index in [1.165, 1.54) is 0 Å². The van der Waals surface area contributed by atoms with E-state index in [1.807, 2.05) is 82.3 Å². The third-order valence-corrected chi connectivity index (χ3v) is 5.13. The minimum Gasteiger partial charge on any atom is -0.483 e. The Morgan fingerprint density at radius 1 is 0.938 bits per heavy atom. The standard InChI is InChI=1S/C27H38N2O3/c1-8-22(25(31)28-27(5,6)7)29(18-20-14-10-9-11-15-20)24(30)19-32-23-17-13-12-16-21(23)26(2,3)4/h9-17,22H,8,18-19H2,1-7H3,(H,28,31)/t22-/m1/s1. The van der Waals surface area contributed by atoms with Crippen molar-refractivity contribution in [2.24, 2.45) is 0 Å². The zero-order chi connectivity index (χ0) is 23.9. The normalized spacial score (nSPS) is 12.7. The highest BCUT2D eigenvalue weighted by Gasteiger charge is 2.31. The molecule has 0 heterocycles. The van der Waals surface area contributed by atoms with Crippen molar-refractivity contribution in [3.8, 4) is 5.75 Å². The Kier molecular flexibility index (Phi) is 8.48. The molecule has 5 nitrogen and oxygen atoms in total. The molecule has 0 saturated carbocycles. The van der Waals surface area contributed by atoms with Crippen LogP contribution >= 0.6 is 0 Å². The molecule has 0 aliphatic rings. The molecular formula is C27H38N2O3. The van der Waals surface area contributed by atoms with Gasteiger partial charge in [0.25, 0.3) is 5.91 Å². The maximum absolute atomic E-state index is 13.4. The lowest BCUT2D eigenvalue weighted by Gasteiger charge is -2.33. The summed E-state index contributed by atoms with van der Waals surface area (Å²) in [4.78, 5) is 28.0. The summed E-state index contributed by atoms with van der Waals surface area (Å²) in [5.74, 6) is 0.327. The molecule has 2 amide bonds. The molecule has 0 bridgehead atoms. The molecule has 1 atom stereocenters. The van der Waals surface area contributed by atoms with Gasteiger partial charge < -0.3 is 15.0 Å². The van der Waals surface area contributed by atoms with Gasteiger partial charge in [-0.2, -0.15) is 0 Å². The maximum Gasteiger partial charge on any atom is 0.261 e. The van der Waals surface area contributed by atoms with Gasteiger partial charge in [0, 0.05) is 12.1 Å². The second-order valence-electron chi connectivity index (χ2n) is 10.2. The van der Waals surface area contributed by atoms with Crippen LogP contribution in [-0.2, 0) is 21.5 Å². The highest BCUT2D eigenvalue weighted by molar-refractivity contribution is 5.88. The van der Waals surface area contributed by atoms with Crippen LogP contribution in [0.5, 0.6) is 5.75 Å². The summed E-state index contributed by atoms with van der Waals surface area (Å²) in [6.45, 7) is 14.3. The minimum atomic E-state index is -0.580. The number of nitrogens with one attached hydrogen (secondary N) is 1. The van der Waals surface area contributed by atoms with Crippen LogP contribution in [0.3, 0.4) is 0 Å². The number of carbonyl (C=O) groups is 2. The van der Waals surface area contributed by atoms with Crippen LogP contribution in [0.15, 0.2) is 54.6 Å². The van der Waals surface area contributed by atoms with E-state index in [-0.39, 0.29) is 29.4 Å². The number of ether oxygens (including phenoxy) is 1. The number of nitrogens with zero attached hydrogens (tertiary/aromatic N) is 1. The highest BCUT2D eigenvalue weighted by atomic mass is 16.5. The first kappa shape index (κ1) is 25.4. The largest absolute Gasteiger partial charge is 0.483 e. The van der Waals surface area contributed by atoms with Crippen LogP contribution in [0, 0.1) is 0 Å². The third kappa shape index (κ3) is 7.40. The van der Waals surface area contributed by atoms with E-state index < -0.39 is 6.04 Å². The summed E-state index contributed by atoms with van der Waals surface area (Å²) < 4.78 is 6.00. The van der Waals surface area contributed by atoms with E-state index in [9.17, 15) is 9.59 Å². The zero-order valence-corrected chi connectivity index (χ0v) is 20.6. The smallest absolute Gasteiger partial charge is 0.261 e. The van der Waals surface area contributed by atoms with Crippen molar-refractivity contribution in [3.63, 3.8) is 0 Å². The molecule has 1 N–H and O–H groups in total. The van der Waals surface area contributed by atoms with Crippen LogP contribution in [0.2, 0.25) is 0 Å². The van der Waals surface area contributed by atoms with Gasteiger partial charge in [-0.3, -0.25) is 9.59 Å². The summed E-state index contributed by atoms with van der Waals surface area (Å²) in [6, 6.07) is 16.9. The number of carbonyl (C=O) groups excluding carboxylic acids is 2. The Morgan fingerprint density at radius 2 is 1.53 bits per heavy atom. The van der Waals surface area contributed by atoms with Gasteiger partial charge in [-0.05, 0) is 49.8 Å². The van der Waals surface area contributed by atoms with E-state index in [1.54, 1.807) is 4.90 Å². The summed E-state index contributed by atoms with van der Waals surface area (Å²) in [6.07, 6.45) is 0.513. The van der Waals surface area contributed by atoms with Gasteiger partial charge in [0.15, 0.2) is 6.61 Å². The SMILES string of the molecule is CC[C@H](C(=O)NC(C)(C)C)N(Cc1ccccc1)C(=O)COc1ccccc1C(C)(C)C. The second-order valence-corrected chi connectivity index (χ2v) is 10.2. The Balaban J connectivity index is 2.27. The first-order valence-corrected chi connectivity index (χ1v) is 11.3. The number of hydrogen-bond acceptors (Lipinski definition) is 3. The Bertz CT molecular complexity index is 895. The molecule has 0 radical (unpaired) electrons. The monoisotopic (exact) mass is 438 g/mol. The van der Waals surface area contributed by atoms with E-state index in [0.29, 0.717) is 18.7 Å². The molecule has 2 aromatic carbocycles. The van der Waals surface area contributed by atoms with E-state index in [0.717, 1.165) is 11.1 Å². The van der Waals surface area contributed by atoms with Crippen LogP contribution in [-0.4, -0.2) is 34.9 Å². The second kappa shape index (κ2) is 10.7. The van der Waals surface area contributed by atoms with Gasteiger partial charge in [0.1, 0.15) is 11.8 Å². The molecule has 0 aromatic heterocycles. The molecule has 174 valence electrons. The van der Waals surface area contributed by atoms with E-state index in [4.69, 9.17) is 4.74 Å². The minimum absolute atomic E-state index is 0.109. The number of para-hydroxylation sites is 1. The topological polar surface area (TPSA) is 58.6 Å². The fourth-order valence-corrected chi connectivity index (χ4v) is 3.59. The van der Waals surface area contributed by atoms with Gasteiger partial charge in [-0.1, -0.05) is 76.2 Å². The summed E-state index contributed by atoms with van der Waals surface area (Å²) in [5, 5.41) is 3.02. The van der Waals surface area contributed by atoms with Gasteiger partial charge in [-0.15, -0.1) is 0 Å². The van der Waals surface area contributed by atoms with Gasteiger partial charge >= 0.3 is 0 Å². The fraction of sp³-hybridized carbons (Fsp3) is 0.481.